The summed E-state index contributed by atoms with van der Waals surface area (Å²) in [7, 11) is -7.28. The van der Waals surface area contributed by atoms with Gasteiger partial charge >= 0.3 is 0 Å². The Morgan fingerprint density at radius 3 is 2.29 bits per heavy atom. The fourth-order valence-electron chi connectivity index (χ4n) is 1.58. The molecule has 21 heavy (non-hydrogen) atoms. The van der Waals surface area contributed by atoms with E-state index in [1.54, 1.807) is 19.9 Å². The van der Waals surface area contributed by atoms with E-state index >= 15 is 0 Å². The summed E-state index contributed by atoms with van der Waals surface area (Å²) >= 11 is 9.10. The topological polar surface area (TPSA) is 92.3 Å². The summed E-state index contributed by atoms with van der Waals surface area (Å²) in [5, 5.41) is 0.0748. The third-order valence-electron chi connectivity index (χ3n) is 2.35. The minimum Gasteiger partial charge on any atom is -0.213 e. The monoisotopic (exact) mass is 418 g/mol. The van der Waals surface area contributed by atoms with Crippen LogP contribution in [0.15, 0.2) is 27.6 Å². The van der Waals surface area contributed by atoms with Gasteiger partial charge < -0.3 is 0 Å². The molecule has 6 nitrogen and oxygen atoms in total. The molecule has 0 radical (unpaired) electrons. The van der Waals surface area contributed by atoms with E-state index in [-0.39, 0.29) is 16.5 Å². The maximum atomic E-state index is 12.2. The average Bonchev–Trinajstić information content (AvgIpc) is 2.23. The van der Waals surface area contributed by atoms with E-state index in [1.807, 2.05) is 0 Å². The summed E-state index contributed by atoms with van der Waals surface area (Å²) in [5.41, 5.74) is -0.970. The zero-order chi connectivity index (χ0) is 16.5. The van der Waals surface area contributed by atoms with Gasteiger partial charge in [0.05, 0.1) is 11.3 Å². The summed E-state index contributed by atoms with van der Waals surface area (Å²) in [5.74, 6) is 0. The fraction of sp³-hybridized carbons (Fsp3) is 0.455. The molecule has 1 aromatic rings. The van der Waals surface area contributed by atoms with E-state index in [0.717, 1.165) is 6.26 Å². The van der Waals surface area contributed by atoms with Crippen molar-refractivity contribution in [3.8, 4) is 0 Å². The van der Waals surface area contributed by atoms with Crippen molar-refractivity contribution < 1.29 is 16.8 Å². The highest BCUT2D eigenvalue weighted by molar-refractivity contribution is 9.10. The maximum Gasteiger partial charge on any atom is 0.242 e. The van der Waals surface area contributed by atoms with Crippen molar-refractivity contribution in [2.45, 2.75) is 24.3 Å². The first-order chi connectivity index (χ1) is 9.32. The van der Waals surface area contributed by atoms with Crippen LogP contribution in [0.4, 0.5) is 0 Å². The van der Waals surface area contributed by atoms with Crippen LogP contribution in [0.25, 0.3) is 0 Å². The van der Waals surface area contributed by atoms with Crippen LogP contribution in [0.1, 0.15) is 13.8 Å². The van der Waals surface area contributed by atoms with E-state index < -0.39 is 25.6 Å². The number of sulfonamides is 2. The van der Waals surface area contributed by atoms with Crippen LogP contribution < -0.4 is 9.44 Å². The summed E-state index contributed by atoms with van der Waals surface area (Å²) in [4.78, 5) is -0.0671. The Kier molecular flexibility index (Phi) is 5.85. The molecular weight excluding hydrogens is 404 g/mol. The SMILES string of the molecule is CC(C)(CNS(=O)(=O)c1ccc(Br)cc1Cl)NS(C)(=O)=O. The molecule has 0 aromatic heterocycles. The molecular formula is C11H16BrClN2O4S2. The molecule has 0 spiro atoms. The van der Waals surface area contributed by atoms with E-state index in [0.29, 0.717) is 4.47 Å². The lowest BCUT2D eigenvalue weighted by atomic mass is 10.1. The van der Waals surface area contributed by atoms with Gasteiger partial charge in [-0.15, -0.1) is 0 Å². The molecule has 0 aliphatic rings. The molecule has 0 bridgehead atoms. The van der Waals surface area contributed by atoms with Crippen LogP contribution in [0.3, 0.4) is 0 Å². The van der Waals surface area contributed by atoms with Crippen molar-refractivity contribution in [2.75, 3.05) is 12.8 Å². The summed E-state index contributed by atoms with van der Waals surface area (Å²) in [6.07, 6.45) is 1.01. The number of halogens is 2. The van der Waals surface area contributed by atoms with Crippen LogP contribution in [0, 0.1) is 0 Å². The third kappa shape index (κ3) is 6.21. The normalized spacial score (nSPS) is 13.4. The highest BCUT2D eigenvalue weighted by Gasteiger charge is 2.26. The maximum absolute atomic E-state index is 12.2. The number of rotatable bonds is 6. The number of benzene rings is 1. The molecule has 0 aliphatic heterocycles. The molecule has 0 heterocycles. The second-order valence-electron chi connectivity index (χ2n) is 5.16. The molecule has 1 rings (SSSR count). The molecule has 10 heteroatoms. The van der Waals surface area contributed by atoms with Gasteiger partial charge in [0.15, 0.2) is 0 Å². The van der Waals surface area contributed by atoms with Crippen LogP contribution >= 0.6 is 27.5 Å². The Balaban J connectivity index is 2.91. The fourth-order valence-corrected chi connectivity index (χ4v) is 4.91. The Hall–Kier alpha value is -0.190. The standard InChI is InChI=1S/C11H16BrClN2O4S2/c1-11(2,15-20(3,16)17)7-14-21(18,19)10-5-4-8(12)6-9(10)13/h4-6,14-15H,7H2,1-3H3. The van der Waals surface area contributed by atoms with Gasteiger partial charge in [0.2, 0.25) is 20.0 Å². The Morgan fingerprint density at radius 2 is 1.81 bits per heavy atom. The van der Waals surface area contributed by atoms with Crippen molar-refractivity contribution in [1.29, 1.82) is 0 Å². The molecule has 0 unspecified atom stereocenters. The van der Waals surface area contributed by atoms with E-state index in [1.165, 1.54) is 12.1 Å². The van der Waals surface area contributed by atoms with Gasteiger partial charge in [-0.3, -0.25) is 0 Å². The lowest BCUT2D eigenvalue weighted by molar-refractivity contribution is 0.446. The van der Waals surface area contributed by atoms with Crippen molar-refractivity contribution >= 4 is 47.6 Å². The van der Waals surface area contributed by atoms with E-state index in [9.17, 15) is 16.8 Å². The molecule has 0 saturated heterocycles. The van der Waals surface area contributed by atoms with Gasteiger partial charge in [-0.05, 0) is 32.0 Å². The van der Waals surface area contributed by atoms with Gasteiger partial charge in [0.1, 0.15) is 4.90 Å². The lowest BCUT2D eigenvalue weighted by Crippen LogP contribution is -2.50. The highest BCUT2D eigenvalue weighted by atomic mass is 79.9. The molecule has 2 N–H and O–H groups in total. The van der Waals surface area contributed by atoms with Crippen molar-refractivity contribution in [2.24, 2.45) is 0 Å². The zero-order valence-electron chi connectivity index (χ0n) is 11.6. The Morgan fingerprint density at radius 1 is 1.24 bits per heavy atom. The molecule has 0 fully saturated rings. The van der Waals surface area contributed by atoms with Gasteiger partial charge in [-0.25, -0.2) is 26.3 Å². The molecule has 1 aromatic carbocycles. The zero-order valence-corrected chi connectivity index (χ0v) is 15.6. The Bertz CT molecular complexity index is 733. The summed E-state index contributed by atoms with van der Waals surface area (Å²) in [6, 6.07) is 4.39. The minimum absolute atomic E-state index is 0.0671. The van der Waals surface area contributed by atoms with Crippen molar-refractivity contribution in [1.82, 2.24) is 9.44 Å². The van der Waals surface area contributed by atoms with Gasteiger partial charge in [0.25, 0.3) is 0 Å². The molecule has 0 amide bonds. The molecule has 120 valence electrons. The van der Waals surface area contributed by atoms with Gasteiger partial charge in [0, 0.05) is 16.6 Å². The first kappa shape index (κ1) is 18.9. The first-order valence-electron chi connectivity index (χ1n) is 5.76. The van der Waals surface area contributed by atoms with E-state index in [4.69, 9.17) is 11.6 Å². The lowest BCUT2D eigenvalue weighted by Gasteiger charge is -2.25. The van der Waals surface area contributed by atoms with Crippen LogP contribution in [0.5, 0.6) is 0 Å². The van der Waals surface area contributed by atoms with Crippen LogP contribution in [-0.4, -0.2) is 35.2 Å². The van der Waals surface area contributed by atoms with Crippen molar-refractivity contribution in [3.05, 3.63) is 27.7 Å². The Labute approximate surface area is 138 Å². The predicted octanol–water partition coefficient (Wildman–Crippen LogP) is 1.71. The predicted molar refractivity (Wildman–Crippen MR) is 86.4 cm³/mol. The third-order valence-corrected chi connectivity index (χ3v) is 5.65. The second-order valence-corrected chi connectivity index (χ2v) is 9.96. The quantitative estimate of drug-likeness (QED) is 0.734. The number of hydrogen-bond acceptors (Lipinski definition) is 4. The van der Waals surface area contributed by atoms with Gasteiger partial charge in [-0.2, -0.15) is 0 Å². The average molecular weight is 420 g/mol. The molecule has 0 atom stereocenters. The first-order valence-corrected chi connectivity index (χ1v) is 10.3. The minimum atomic E-state index is -3.83. The number of nitrogens with one attached hydrogen (secondary N) is 2. The van der Waals surface area contributed by atoms with E-state index in [2.05, 4.69) is 25.4 Å². The summed E-state index contributed by atoms with van der Waals surface area (Å²) in [6.45, 7) is 3.02. The number of hydrogen-bond donors (Lipinski definition) is 2. The largest absolute Gasteiger partial charge is 0.242 e. The summed E-state index contributed by atoms with van der Waals surface area (Å²) < 4.78 is 52.2. The molecule has 0 aliphatic carbocycles. The smallest absolute Gasteiger partial charge is 0.213 e. The highest BCUT2D eigenvalue weighted by Crippen LogP contribution is 2.25. The van der Waals surface area contributed by atoms with Crippen molar-refractivity contribution in [3.63, 3.8) is 0 Å². The van der Waals surface area contributed by atoms with Gasteiger partial charge in [-0.1, -0.05) is 27.5 Å². The van der Waals surface area contributed by atoms with Crippen LogP contribution in [0.2, 0.25) is 5.02 Å². The van der Waals surface area contributed by atoms with Crippen LogP contribution in [-0.2, 0) is 20.0 Å². The second kappa shape index (κ2) is 6.51. The molecule has 0 saturated carbocycles.